The molecule has 1 aromatic rings. The first-order chi connectivity index (χ1) is 9.78. The lowest BCUT2D eigenvalue weighted by molar-refractivity contribution is 0.402. The Morgan fingerprint density at radius 2 is 2.10 bits per heavy atom. The van der Waals surface area contributed by atoms with Gasteiger partial charge in [-0.3, -0.25) is 0 Å². The van der Waals surface area contributed by atoms with Crippen molar-refractivity contribution in [2.75, 3.05) is 14.2 Å². The normalized spacial score (nSPS) is 15.2. The Kier molecular flexibility index (Phi) is 4.84. The quantitative estimate of drug-likeness (QED) is 0.772. The number of nitriles is 1. The first kappa shape index (κ1) is 14.2. The summed E-state index contributed by atoms with van der Waals surface area (Å²) < 4.78 is 10.6. The monoisotopic (exact) mass is 269 g/mol. The van der Waals surface area contributed by atoms with E-state index in [2.05, 4.69) is 12.1 Å². The maximum atomic E-state index is 9.40. The predicted octanol–water partition coefficient (Wildman–Crippen LogP) is 4.11. The first-order valence-corrected chi connectivity index (χ1v) is 6.81. The average Bonchev–Trinajstić information content (AvgIpc) is 2.53. The van der Waals surface area contributed by atoms with Crippen LogP contribution >= 0.6 is 0 Å². The molecule has 0 unspecified atom stereocenters. The minimum Gasteiger partial charge on any atom is -0.497 e. The van der Waals surface area contributed by atoms with Gasteiger partial charge in [0.05, 0.1) is 25.9 Å². The fraction of sp³-hybridized carbons (Fsp3) is 0.353. The second-order valence-electron chi connectivity index (χ2n) is 4.75. The smallest absolute Gasteiger partial charge is 0.126 e. The molecular weight excluding hydrogens is 250 g/mol. The van der Waals surface area contributed by atoms with E-state index in [1.54, 1.807) is 14.2 Å². The summed E-state index contributed by atoms with van der Waals surface area (Å²) in [4.78, 5) is 0. The molecule has 1 aliphatic carbocycles. The van der Waals surface area contributed by atoms with Crippen LogP contribution in [0.1, 0.15) is 31.2 Å². The lowest BCUT2D eigenvalue weighted by atomic mass is 9.93. The number of hydrogen-bond donors (Lipinski definition) is 0. The lowest BCUT2D eigenvalue weighted by Gasteiger charge is -2.12. The number of allylic oxidation sites excluding steroid dienone is 3. The van der Waals surface area contributed by atoms with E-state index < -0.39 is 0 Å². The molecule has 20 heavy (non-hydrogen) atoms. The fourth-order valence-electron chi connectivity index (χ4n) is 2.39. The van der Waals surface area contributed by atoms with Crippen LogP contribution in [0.5, 0.6) is 11.5 Å². The van der Waals surface area contributed by atoms with E-state index >= 15 is 0 Å². The minimum atomic E-state index is 0.719. The molecule has 1 aliphatic rings. The third-order valence-corrected chi connectivity index (χ3v) is 3.49. The van der Waals surface area contributed by atoms with Gasteiger partial charge in [0.2, 0.25) is 0 Å². The molecule has 0 radical (unpaired) electrons. The zero-order chi connectivity index (χ0) is 14.4. The van der Waals surface area contributed by atoms with Crippen molar-refractivity contribution in [3.63, 3.8) is 0 Å². The van der Waals surface area contributed by atoms with Crippen LogP contribution in [0.2, 0.25) is 0 Å². The number of nitrogens with zero attached hydrogens (tertiary/aromatic N) is 1. The van der Waals surface area contributed by atoms with Crippen LogP contribution in [0.15, 0.2) is 35.4 Å². The maximum Gasteiger partial charge on any atom is 0.126 e. The van der Waals surface area contributed by atoms with Gasteiger partial charge in [-0.05, 0) is 55.5 Å². The number of ether oxygens (including phenoxy) is 2. The third kappa shape index (κ3) is 3.21. The average molecular weight is 269 g/mol. The van der Waals surface area contributed by atoms with Gasteiger partial charge in [-0.15, -0.1) is 0 Å². The van der Waals surface area contributed by atoms with Crippen LogP contribution in [0.25, 0.3) is 6.08 Å². The molecule has 0 aliphatic heterocycles. The Bertz CT molecular complexity index is 579. The van der Waals surface area contributed by atoms with Gasteiger partial charge in [0, 0.05) is 5.56 Å². The second-order valence-corrected chi connectivity index (χ2v) is 4.75. The molecule has 0 bridgehead atoms. The Hall–Kier alpha value is -2.21. The molecule has 0 saturated carbocycles. The number of hydrogen-bond acceptors (Lipinski definition) is 3. The Labute approximate surface area is 120 Å². The highest BCUT2D eigenvalue weighted by atomic mass is 16.5. The molecule has 1 aromatic carbocycles. The van der Waals surface area contributed by atoms with Crippen molar-refractivity contribution < 1.29 is 9.47 Å². The third-order valence-electron chi connectivity index (χ3n) is 3.49. The van der Waals surface area contributed by atoms with Crippen LogP contribution in [-0.2, 0) is 0 Å². The first-order valence-electron chi connectivity index (χ1n) is 6.81. The van der Waals surface area contributed by atoms with Crippen molar-refractivity contribution in [2.45, 2.75) is 25.7 Å². The van der Waals surface area contributed by atoms with Crippen molar-refractivity contribution in [3.8, 4) is 17.6 Å². The summed E-state index contributed by atoms with van der Waals surface area (Å²) in [6, 6.07) is 7.90. The molecule has 0 fully saturated rings. The molecule has 3 nitrogen and oxygen atoms in total. The fourth-order valence-corrected chi connectivity index (χ4v) is 2.39. The Balaban J connectivity index is 2.41. The highest BCUT2D eigenvalue weighted by molar-refractivity contribution is 5.68. The van der Waals surface area contributed by atoms with Gasteiger partial charge in [-0.2, -0.15) is 5.26 Å². The standard InChI is InChI=1S/C17H19NO2/c1-19-16-8-9-17(20-2)14(11-16)10-15(12-18)13-6-4-3-5-7-13/h6,8-11H,3-5,7H2,1-2H3/b15-10+. The largest absolute Gasteiger partial charge is 0.497 e. The van der Waals surface area contributed by atoms with E-state index in [0.717, 1.165) is 47.5 Å². The van der Waals surface area contributed by atoms with Crippen molar-refractivity contribution in [3.05, 3.63) is 41.0 Å². The number of methoxy groups -OCH3 is 2. The van der Waals surface area contributed by atoms with E-state index in [9.17, 15) is 5.26 Å². The van der Waals surface area contributed by atoms with E-state index in [0.29, 0.717) is 0 Å². The summed E-state index contributed by atoms with van der Waals surface area (Å²) >= 11 is 0. The Morgan fingerprint density at radius 1 is 1.25 bits per heavy atom. The molecule has 3 heteroatoms. The molecule has 0 saturated heterocycles. The lowest BCUT2D eigenvalue weighted by Crippen LogP contribution is -1.95. The summed E-state index contributed by atoms with van der Waals surface area (Å²) in [5, 5.41) is 9.40. The molecule has 0 spiro atoms. The van der Waals surface area contributed by atoms with E-state index in [4.69, 9.17) is 9.47 Å². The van der Waals surface area contributed by atoms with Gasteiger partial charge >= 0.3 is 0 Å². The van der Waals surface area contributed by atoms with Crippen LogP contribution in [0.4, 0.5) is 0 Å². The zero-order valence-corrected chi connectivity index (χ0v) is 12.0. The van der Waals surface area contributed by atoms with E-state index in [1.165, 1.54) is 6.42 Å². The Morgan fingerprint density at radius 3 is 2.70 bits per heavy atom. The summed E-state index contributed by atoms with van der Waals surface area (Å²) in [6.45, 7) is 0. The summed E-state index contributed by atoms with van der Waals surface area (Å²) in [6.07, 6.45) is 8.46. The van der Waals surface area contributed by atoms with E-state index in [-0.39, 0.29) is 0 Å². The van der Waals surface area contributed by atoms with Gasteiger partial charge in [0.1, 0.15) is 11.5 Å². The molecule has 0 heterocycles. The zero-order valence-electron chi connectivity index (χ0n) is 12.0. The molecular formula is C17H19NO2. The molecule has 0 amide bonds. The summed E-state index contributed by atoms with van der Waals surface area (Å²) in [5.41, 5.74) is 2.73. The molecule has 0 N–H and O–H groups in total. The van der Waals surface area contributed by atoms with Crippen molar-refractivity contribution in [1.29, 1.82) is 5.26 Å². The van der Waals surface area contributed by atoms with Gasteiger partial charge in [-0.25, -0.2) is 0 Å². The molecule has 104 valence electrons. The van der Waals surface area contributed by atoms with Crippen LogP contribution in [0.3, 0.4) is 0 Å². The SMILES string of the molecule is COc1ccc(OC)c(/C=C(\C#N)C2=CCCCC2)c1. The van der Waals surface area contributed by atoms with Crippen LogP contribution < -0.4 is 9.47 Å². The van der Waals surface area contributed by atoms with Gasteiger partial charge in [0.25, 0.3) is 0 Å². The predicted molar refractivity (Wildman–Crippen MR) is 79.7 cm³/mol. The number of rotatable bonds is 4. The number of benzene rings is 1. The maximum absolute atomic E-state index is 9.40. The van der Waals surface area contributed by atoms with Crippen molar-refractivity contribution in [1.82, 2.24) is 0 Å². The van der Waals surface area contributed by atoms with Crippen molar-refractivity contribution in [2.24, 2.45) is 0 Å². The summed E-state index contributed by atoms with van der Waals surface area (Å²) in [7, 11) is 3.26. The second kappa shape index (κ2) is 6.81. The highest BCUT2D eigenvalue weighted by Gasteiger charge is 2.10. The van der Waals surface area contributed by atoms with Gasteiger partial charge in [-0.1, -0.05) is 6.08 Å². The van der Waals surface area contributed by atoms with E-state index in [1.807, 2.05) is 24.3 Å². The topological polar surface area (TPSA) is 42.2 Å². The highest BCUT2D eigenvalue weighted by Crippen LogP contribution is 2.30. The molecule has 2 rings (SSSR count). The van der Waals surface area contributed by atoms with Crippen LogP contribution in [0, 0.1) is 11.3 Å². The minimum absolute atomic E-state index is 0.719. The van der Waals surface area contributed by atoms with Gasteiger partial charge in [0.15, 0.2) is 0 Å². The summed E-state index contributed by atoms with van der Waals surface area (Å²) in [5.74, 6) is 1.50. The van der Waals surface area contributed by atoms with Crippen molar-refractivity contribution >= 4 is 6.08 Å². The molecule has 0 aromatic heterocycles. The van der Waals surface area contributed by atoms with Crippen LogP contribution in [-0.4, -0.2) is 14.2 Å². The van der Waals surface area contributed by atoms with Gasteiger partial charge < -0.3 is 9.47 Å². The molecule has 0 atom stereocenters.